The minimum absolute atomic E-state index is 0.0465. The number of anilines is 2. The first-order chi connectivity index (χ1) is 16.5. The van der Waals surface area contributed by atoms with Crippen molar-refractivity contribution in [1.29, 1.82) is 0 Å². The average molecular weight is 458 g/mol. The van der Waals surface area contributed by atoms with E-state index in [-0.39, 0.29) is 11.2 Å². The van der Waals surface area contributed by atoms with Crippen molar-refractivity contribution in [2.24, 2.45) is 15.9 Å². The lowest BCUT2D eigenvalue weighted by atomic mass is 9.76. The molecule has 34 heavy (non-hydrogen) atoms. The van der Waals surface area contributed by atoms with E-state index in [4.69, 9.17) is 4.99 Å². The molecule has 2 aromatic rings. The van der Waals surface area contributed by atoms with Gasteiger partial charge in [-0.3, -0.25) is 9.98 Å². The zero-order valence-corrected chi connectivity index (χ0v) is 20.1. The van der Waals surface area contributed by atoms with Crippen LogP contribution < -0.4 is 9.80 Å². The highest BCUT2D eigenvalue weighted by Crippen LogP contribution is 2.50. The molecule has 6 heteroatoms. The quantitative estimate of drug-likeness (QED) is 0.542. The second-order valence-electron chi connectivity index (χ2n) is 10.4. The van der Waals surface area contributed by atoms with Crippen molar-refractivity contribution in [1.82, 2.24) is 4.98 Å². The Hall–Kier alpha value is -3.02. The van der Waals surface area contributed by atoms with Crippen LogP contribution in [0, 0.1) is 5.92 Å². The van der Waals surface area contributed by atoms with Gasteiger partial charge < -0.3 is 9.80 Å². The van der Waals surface area contributed by atoms with E-state index < -0.39 is 0 Å². The molecule has 1 aliphatic carbocycles. The SMILES string of the molecule is CC1=Nc2ccc(C3=NCN(c4ccc(N5CCC(C)CC5)cn4)C=C3F)cc2C12CCCC2. The first kappa shape index (κ1) is 21.5. The Morgan fingerprint density at radius 2 is 1.85 bits per heavy atom. The summed E-state index contributed by atoms with van der Waals surface area (Å²) in [6, 6.07) is 10.2. The van der Waals surface area contributed by atoms with Gasteiger partial charge in [0.25, 0.3) is 0 Å². The van der Waals surface area contributed by atoms with Gasteiger partial charge in [-0.15, -0.1) is 0 Å². The van der Waals surface area contributed by atoms with Crippen LogP contribution >= 0.6 is 0 Å². The van der Waals surface area contributed by atoms with E-state index in [0.29, 0.717) is 12.4 Å². The van der Waals surface area contributed by atoms with E-state index in [2.05, 4.69) is 40.9 Å². The number of fused-ring (bicyclic) bond motifs is 2. The number of benzene rings is 1. The van der Waals surface area contributed by atoms with Crippen molar-refractivity contribution in [3.8, 4) is 0 Å². The van der Waals surface area contributed by atoms with E-state index in [1.54, 1.807) is 4.90 Å². The summed E-state index contributed by atoms with van der Waals surface area (Å²) in [6.07, 6.45) is 10.6. The number of nitrogens with zero attached hydrogens (tertiary/aromatic N) is 5. The summed E-state index contributed by atoms with van der Waals surface area (Å²) >= 11 is 0. The molecule has 6 rings (SSSR count). The van der Waals surface area contributed by atoms with Crippen LogP contribution in [0.4, 0.5) is 21.6 Å². The maximum atomic E-state index is 15.3. The third-order valence-electron chi connectivity index (χ3n) is 8.28. The van der Waals surface area contributed by atoms with Gasteiger partial charge in [-0.25, -0.2) is 9.37 Å². The number of aliphatic imine (C=N–C) groups is 2. The van der Waals surface area contributed by atoms with Crippen molar-refractivity contribution in [3.05, 3.63) is 59.7 Å². The van der Waals surface area contributed by atoms with Crippen LogP contribution in [-0.4, -0.2) is 36.2 Å². The van der Waals surface area contributed by atoms with Crippen LogP contribution in [0.25, 0.3) is 0 Å². The van der Waals surface area contributed by atoms with Crippen LogP contribution in [0.15, 0.2) is 58.5 Å². The molecule has 4 aliphatic rings. The van der Waals surface area contributed by atoms with Gasteiger partial charge >= 0.3 is 0 Å². The normalized spacial score (nSPS) is 22.0. The highest BCUT2D eigenvalue weighted by molar-refractivity contribution is 6.13. The standard InChI is InChI=1S/C28H32FN5/c1-19-9-13-33(14-10-19)22-6-8-26(30-16-22)34-17-24(29)27(31-18-34)21-5-7-25-23(15-21)28(20(2)32-25)11-3-4-12-28/h5-8,15-17,19H,3-4,9-14,18H2,1-2H3. The van der Waals surface area contributed by atoms with Crippen LogP contribution in [0.2, 0.25) is 0 Å². The van der Waals surface area contributed by atoms with Crippen molar-refractivity contribution in [3.63, 3.8) is 0 Å². The van der Waals surface area contributed by atoms with Gasteiger partial charge in [-0.1, -0.05) is 25.8 Å². The fourth-order valence-corrected chi connectivity index (χ4v) is 6.09. The topological polar surface area (TPSA) is 44.1 Å². The molecule has 1 saturated carbocycles. The first-order valence-electron chi connectivity index (χ1n) is 12.6. The molecule has 3 aliphatic heterocycles. The van der Waals surface area contributed by atoms with Gasteiger partial charge in [0.2, 0.25) is 0 Å². The molecule has 0 amide bonds. The summed E-state index contributed by atoms with van der Waals surface area (Å²) in [5, 5.41) is 0. The lowest BCUT2D eigenvalue weighted by molar-refractivity contribution is 0.438. The summed E-state index contributed by atoms with van der Waals surface area (Å²) in [5.41, 5.74) is 5.95. The molecule has 5 nitrogen and oxygen atoms in total. The van der Waals surface area contributed by atoms with Crippen LogP contribution in [0.5, 0.6) is 0 Å². The molecule has 1 spiro atoms. The maximum Gasteiger partial charge on any atom is 0.165 e. The minimum Gasteiger partial charge on any atom is -0.370 e. The molecule has 0 atom stereocenters. The molecule has 1 saturated heterocycles. The summed E-state index contributed by atoms with van der Waals surface area (Å²) < 4.78 is 15.3. The maximum absolute atomic E-state index is 15.3. The van der Waals surface area contributed by atoms with Crippen molar-refractivity contribution in [2.45, 2.75) is 57.8 Å². The lowest BCUT2D eigenvalue weighted by Crippen LogP contribution is -2.32. The molecule has 2 fully saturated rings. The predicted molar refractivity (Wildman–Crippen MR) is 137 cm³/mol. The highest BCUT2D eigenvalue weighted by atomic mass is 19.1. The summed E-state index contributed by atoms with van der Waals surface area (Å²) in [5.74, 6) is 1.19. The number of pyridine rings is 1. The van der Waals surface area contributed by atoms with E-state index >= 15 is 4.39 Å². The van der Waals surface area contributed by atoms with Gasteiger partial charge in [-0.05, 0) is 68.4 Å². The predicted octanol–water partition coefficient (Wildman–Crippen LogP) is 6.31. The molecule has 0 bridgehead atoms. The number of halogens is 1. The van der Waals surface area contributed by atoms with Gasteiger partial charge in [0.1, 0.15) is 18.2 Å². The Labute approximate surface area is 201 Å². The van der Waals surface area contributed by atoms with E-state index in [0.717, 1.165) is 54.6 Å². The Morgan fingerprint density at radius 1 is 1.06 bits per heavy atom. The van der Waals surface area contributed by atoms with Gasteiger partial charge in [-0.2, -0.15) is 0 Å². The average Bonchev–Trinajstić information content (AvgIpc) is 3.46. The van der Waals surface area contributed by atoms with Gasteiger partial charge in [0, 0.05) is 36.0 Å². The van der Waals surface area contributed by atoms with Gasteiger partial charge in [0.05, 0.1) is 17.6 Å². The number of hydrogen-bond acceptors (Lipinski definition) is 5. The van der Waals surface area contributed by atoms with Crippen molar-refractivity contribution >= 4 is 28.6 Å². The lowest BCUT2D eigenvalue weighted by Gasteiger charge is -2.32. The molecule has 0 unspecified atom stereocenters. The second kappa shape index (κ2) is 8.33. The molecule has 176 valence electrons. The molecule has 0 radical (unpaired) electrons. The van der Waals surface area contributed by atoms with Crippen molar-refractivity contribution < 1.29 is 4.39 Å². The number of piperidine rings is 1. The van der Waals surface area contributed by atoms with Crippen LogP contribution in [-0.2, 0) is 5.41 Å². The third-order valence-corrected chi connectivity index (χ3v) is 8.28. The summed E-state index contributed by atoms with van der Waals surface area (Å²) in [4.78, 5) is 18.3. The van der Waals surface area contributed by atoms with Gasteiger partial charge in [0.15, 0.2) is 5.83 Å². The van der Waals surface area contributed by atoms with E-state index in [9.17, 15) is 0 Å². The third kappa shape index (κ3) is 3.55. The Balaban J connectivity index is 1.20. The molecule has 0 N–H and O–H groups in total. The molecule has 1 aromatic carbocycles. The Kier molecular flexibility index (Phi) is 5.27. The largest absolute Gasteiger partial charge is 0.370 e. The van der Waals surface area contributed by atoms with Crippen LogP contribution in [0.1, 0.15) is 63.5 Å². The molecular weight excluding hydrogens is 425 g/mol. The number of allylic oxidation sites excluding steroid dienone is 1. The number of hydrogen-bond donors (Lipinski definition) is 0. The smallest absolute Gasteiger partial charge is 0.165 e. The fourth-order valence-electron chi connectivity index (χ4n) is 6.09. The summed E-state index contributed by atoms with van der Waals surface area (Å²) in [7, 11) is 0. The molecule has 1 aromatic heterocycles. The highest BCUT2D eigenvalue weighted by Gasteiger charge is 2.43. The Bertz CT molecular complexity index is 1180. The number of rotatable bonds is 3. The first-order valence-corrected chi connectivity index (χ1v) is 12.6. The number of aromatic nitrogens is 1. The monoisotopic (exact) mass is 457 g/mol. The van der Waals surface area contributed by atoms with Crippen LogP contribution in [0.3, 0.4) is 0 Å². The van der Waals surface area contributed by atoms with E-state index in [1.165, 1.54) is 43.2 Å². The molecule has 4 heterocycles. The summed E-state index contributed by atoms with van der Waals surface area (Å²) in [6.45, 7) is 6.95. The zero-order chi connectivity index (χ0) is 23.3. The van der Waals surface area contributed by atoms with E-state index in [1.807, 2.05) is 24.4 Å². The second-order valence-corrected chi connectivity index (χ2v) is 10.4. The van der Waals surface area contributed by atoms with Crippen molar-refractivity contribution in [2.75, 3.05) is 29.6 Å². The Morgan fingerprint density at radius 3 is 2.56 bits per heavy atom. The minimum atomic E-state index is -0.321. The zero-order valence-electron chi connectivity index (χ0n) is 20.1. The molecular formula is C28H32FN5. The fraction of sp³-hybridized carbons (Fsp3) is 0.464.